The Morgan fingerprint density at radius 1 is 1.09 bits per heavy atom. The predicted molar refractivity (Wildman–Crippen MR) is 133 cm³/mol. The summed E-state index contributed by atoms with van der Waals surface area (Å²) < 4.78 is 0. The largest absolute Gasteiger partial charge is 0.362 e. The van der Waals surface area contributed by atoms with Crippen LogP contribution in [0.2, 0.25) is 0 Å². The number of rotatable bonds is 7. The highest BCUT2D eigenvalue weighted by Crippen LogP contribution is 2.26. The van der Waals surface area contributed by atoms with E-state index in [-0.39, 0.29) is 14.8 Å². The lowest BCUT2D eigenvalue weighted by atomic mass is 9.91. The molecule has 0 saturated heterocycles. The molecule has 1 amide bonds. The lowest BCUT2D eigenvalue weighted by Crippen LogP contribution is -2.41. The third-order valence-corrected chi connectivity index (χ3v) is 6.40. The number of hydrogen-bond donors (Lipinski definition) is 2. The van der Waals surface area contributed by atoms with E-state index in [2.05, 4.69) is 20.6 Å². The summed E-state index contributed by atoms with van der Waals surface area (Å²) in [6.45, 7) is 1.92. The van der Waals surface area contributed by atoms with Crippen LogP contribution in [0.5, 0.6) is 0 Å². The quantitative estimate of drug-likeness (QED) is 0.409. The topological polar surface area (TPSA) is 95.9 Å². The predicted octanol–water partition coefficient (Wildman–Crippen LogP) is 3.92. The van der Waals surface area contributed by atoms with Gasteiger partial charge in [-0.25, -0.2) is 15.0 Å². The average Bonchev–Trinajstić information content (AvgIpc) is 2.78. The molecule has 1 fully saturated rings. The number of carbonyl (C=O) groups excluding carboxylic acids is 1. The molecule has 1 aliphatic rings. The monoisotopic (exact) mass is 455 g/mol. The minimum Gasteiger partial charge on any atom is -0.362 e. The van der Waals surface area contributed by atoms with Crippen LogP contribution >= 0.6 is 11.8 Å². The fraction of sp³-hybridized carbons (Fsp3) is 0.435. The molecule has 0 unspecified atom stereocenters. The lowest BCUT2D eigenvalue weighted by molar-refractivity contribution is -0.119. The first-order valence-corrected chi connectivity index (χ1v) is 11.9. The smallest absolute Gasteiger partial charge is 0.230 e. The summed E-state index contributed by atoms with van der Waals surface area (Å²) in [6.07, 6.45) is 5.52. The van der Waals surface area contributed by atoms with Gasteiger partial charge in [-0.05, 0) is 50.8 Å². The highest BCUT2D eigenvalue weighted by Gasteiger charge is 2.23. The zero-order valence-electron chi connectivity index (χ0n) is 18.7. The van der Waals surface area contributed by atoms with E-state index in [9.17, 15) is 4.79 Å². The van der Waals surface area contributed by atoms with Crippen LogP contribution in [0.4, 0.5) is 11.8 Å². The SMILES string of the molecule is Cc1ccnc(SCC(=O)NC2CCC(Nc3nc(N(C)C)c4ccccc4n3)CC2)n1.[HH].[HH]. The number of aryl methyl sites for hydroxylation is 1. The van der Waals surface area contributed by atoms with Gasteiger partial charge in [-0.2, -0.15) is 4.98 Å². The molecule has 3 aromatic rings. The van der Waals surface area contributed by atoms with Crippen molar-refractivity contribution in [2.45, 2.75) is 49.8 Å². The molecule has 172 valence electrons. The van der Waals surface area contributed by atoms with Gasteiger partial charge in [-0.15, -0.1) is 0 Å². The van der Waals surface area contributed by atoms with Crippen molar-refractivity contribution in [1.82, 2.24) is 25.3 Å². The lowest BCUT2D eigenvalue weighted by Gasteiger charge is -2.30. The van der Waals surface area contributed by atoms with Gasteiger partial charge in [0.1, 0.15) is 5.82 Å². The Morgan fingerprint density at radius 2 is 1.84 bits per heavy atom. The summed E-state index contributed by atoms with van der Waals surface area (Å²) in [5, 5.41) is 8.35. The van der Waals surface area contributed by atoms with Crippen LogP contribution in [0.25, 0.3) is 10.9 Å². The van der Waals surface area contributed by atoms with Gasteiger partial charge in [0.05, 0.1) is 11.3 Å². The summed E-state index contributed by atoms with van der Waals surface area (Å²) >= 11 is 1.37. The molecule has 2 heterocycles. The Kier molecular flexibility index (Phi) is 7.04. The van der Waals surface area contributed by atoms with Gasteiger partial charge >= 0.3 is 0 Å². The molecular formula is C23H33N7OS. The summed E-state index contributed by atoms with van der Waals surface area (Å²) in [7, 11) is 3.99. The van der Waals surface area contributed by atoms with Crippen molar-refractivity contribution in [3.05, 3.63) is 42.2 Å². The third kappa shape index (κ3) is 5.64. The van der Waals surface area contributed by atoms with Gasteiger partial charge < -0.3 is 15.5 Å². The Bertz CT molecular complexity index is 1090. The highest BCUT2D eigenvalue weighted by molar-refractivity contribution is 7.99. The second-order valence-corrected chi connectivity index (χ2v) is 9.25. The summed E-state index contributed by atoms with van der Waals surface area (Å²) in [5.74, 6) is 1.94. The van der Waals surface area contributed by atoms with Gasteiger partial charge in [0.2, 0.25) is 11.9 Å². The number of fused-ring (bicyclic) bond motifs is 1. The van der Waals surface area contributed by atoms with Crippen LogP contribution in [0, 0.1) is 6.92 Å². The van der Waals surface area contributed by atoms with Crippen molar-refractivity contribution in [2.75, 3.05) is 30.1 Å². The number of nitrogens with zero attached hydrogens (tertiary/aromatic N) is 5. The van der Waals surface area contributed by atoms with Crippen molar-refractivity contribution >= 4 is 40.3 Å². The molecule has 0 bridgehead atoms. The fourth-order valence-electron chi connectivity index (χ4n) is 3.92. The van der Waals surface area contributed by atoms with Gasteiger partial charge in [-0.3, -0.25) is 4.79 Å². The van der Waals surface area contributed by atoms with Crippen LogP contribution in [0.1, 0.15) is 34.2 Å². The Labute approximate surface area is 195 Å². The molecule has 2 N–H and O–H groups in total. The molecule has 8 nitrogen and oxygen atoms in total. The molecule has 1 saturated carbocycles. The second kappa shape index (κ2) is 10.1. The number of thioether (sulfide) groups is 1. The first-order chi connectivity index (χ1) is 15.5. The van der Waals surface area contributed by atoms with Crippen LogP contribution in [0.15, 0.2) is 41.7 Å². The number of para-hydroxylation sites is 1. The normalized spacial score (nSPS) is 18.3. The van der Waals surface area contributed by atoms with E-state index in [1.165, 1.54) is 11.8 Å². The summed E-state index contributed by atoms with van der Waals surface area (Å²) in [4.78, 5) is 32.3. The van der Waals surface area contributed by atoms with Gasteiger partial charge in [-0.1, -0.05) is 23.9 Å². The van der Waals surface area contributed by atoms with Crippen molar-refractivity contribution in [3.63, 3.8) is 0 Å². The standard InChI is InChI=1S/C23H29N7OS.2H2/c1-15-12-13-24-23(25-15)32-14-20(31)26-16-8-10-17(11-9-16)27-22-28-19-7-5-4-6-18(19)21(29-22)30(2)3;;/h4-7,12-13,16-17H,8-11,14H2,1-3H3,(H,26,31)(H,27,28,29);2*1H. The number of amides is 1. The van der Waals surface area contributed by atoms with Crippen molar-refractivity contribution in [3.8, 4) is 0 Å². The van der Waals surface area contributed by atoms with Gasteiger partial charge in [0.25, 0.3) is 0 Å². The third-order valence-electron chi connectivity index (χ3n) is 5.54. The number of aromatic nitrogens is 4. The molecule has 32 heavy (non-hydrogen) atoms. The number of hydrogen-bond acceptors (Lipinski definition) is 8. The zero-order chi connectivity index (χ0) is 22.5. The van der Waals surface area contributed by atoms with E-state index in [1.807, 2.05) is 56.3 Å². The summed E-state index contributed by atoms with van der Waals surface area (Å²) in [6, 6.07) is 10.4. The maximum Gasteiger partial charge on any atom is 0.230 e. The van der Waals surface area contributed by atoms with Gasteiger partial charge in [0, 0.05) is 46.3 Å². The molecule has 4 rings (SSSR count). The number of nitrogens with one attached hydrogen (secondary N) is 2. The molecule has 0 radical (unpaired) electrons. The Hall–Kier alpha value is -2.94. The van der Waals surface area contributed by atoms with E-state index < -0.39 is 0 Å². The first-order valence-electron chi connectivity index (χ1n) is 10.9. The molecule has 9 heteroatoms. The highest BCUT2D eigenvalue weighted by atomic mass is 32.2. The van der Waals surface area contributed by atoms with Crippen molar-refractivity contribution in [2.24, 2.45) is 0 Å². The Balaban J connectivity index is 0.00000204. The average molecular weight is 456 g/mol. The molecule has 1 aliphatic carbocycles. The van der Waals surface area contributed by atoms with E-state index in [0.29, 0.717) is 22.9 Å². The van der Waals surface area contributed by atoms with E-state index >= 15 is 0 Å². The molecule has 0 aliphatic heterocycles. The molecule has 1 aromatic carbocycles. The molecule has 0 spiro atoms. The molecular weight excluding hydrogens is 422 g/mol. The van der Waals surface area contributed by atoms with Crippen LogP contribution in [-0.4, -0.2) is 57.8 Å². The first kappa shape index (κ1) is 22.3. The van der Waals surface area contributed by atoms with Crippen molar-refractivity contribution in [1.29, 1.82) is 0 Å². The Morgan fingerprint density at radius 3 is 2.59 bits per heavy atom. The number of anilines is 2. The van der Waals surface area contributed by atoms with Gasteiger partial charge in [0.15, 0.2) is 5.16 Å². The van der Waals surface area contributed by atoms with Crippen LogP contribution in [-0.2, 0) is 4.79 Å². The minimum atomic E-state index is 0. The van der Waals surface area contributed by atoms with E-state index in [4.69, 9.17) is 9.97 Å². The minimum absolute atomic E-state index is 0. The number of benzene rings is 1. The fourth-order valence-corrected chi connectivity index (χ4v) is 4.61. The zero-order valence-corrected chi connectivity index (χ0v) is 19.5. The van der Waals surface area contributed by atoms with Crippen molar-refractivity contribution < 1.29 is 7.65 Å². The van der Waals surface area contributed by atoms with Crippen LogP contribution < -0.4 is 15.5 Å². The van der Waals surface area contributed by atoms with E-state index in [0.717, 1.165) is 48.1 Å². The van der Waals surface area contributed by atoms with Crippen LogP contribution in [0.3, 0.4) is 0 Å². The molecule has 0 atom stereocenters. The maximum absolute atomic E-state index is 12.3. The number of carbonyl (C=O) groups is 1. The molecule has 2 aromatic heterocycles. The van der Waals surface area contributed by atoms with E-state index in [1.54, 1.807) is 6.20 Å². The summed E-state index contributed by atoms with van der Waals surface area (Å²) in [5.41, 5.74) is 1.84. The second-order valence-electron chi connectivity index (χ2n) is 8.31. The maximum atomic E-state index is 12.3.